The molecule has 0 fully saturated rings. The van der Waals surface area contributed by atoms with Gasteiger partial charge in [-0.1, -0.05) is 36.4 Å². The van der Waals surface area contributed by atoms with Crippen molar-refractivity contribution in [1.29, 1.82) is 0 Å². The van der Waals surface area contributed by atoms with Crippen LogP contribution in [0.25, 0.3) is 22.3 Å². The topological polar surface area (TPSA) is 59.4 Å². The van der Waals surface area contributed by atoms with Crippen molar-refractivity contribution in [2.45, 2.75) is 12.8 Å². The molecule has 0 radical (unpaired) electrons. The minimum atomic E-state index is -4.71. The highest BCUT2D eigenvalue weighted by Crippen LogP contribution is 2.40. The molecule has 0 aliphatic rings. The Kier molecular flexibility index (Phi) is 6.32. The number of rotatable bonds is 6. The lowest BCUT2D eigenvalue weighted by Gasteiger charge is -2.16. The number of nitrogens with zero attached hydrogens (tertiary/aromatic N) is 1. The summed E-state index contributed by atoms with van der Waals surface area (Å²) < 4.78 is 60.9. The summed E-state index contributed by atoms with van der Waals surface area (Å²) in [7, 11) is 0. The standard InChI is InChI=1S/C26H17F4NO3/c27-23-7-2-1-6-21(23)20-9-8-19(14-22(20)26(28,29)30)34-15-16-4-3-5-17(12-16)18-10-11-31-24(13-18)25(32)33/h1-14H,15H2,(H,32,33). The third-order valence-corrected chi connectivity index (χ3v) is 5.11. The van der Waals surface area contributed by atoms with Crippen molar-refractivity contribution < 1.29 is 32.2 Å². The number of hydrogen-bond donors (Lipinski definition) is 1. The van der Waals surface area contributed by atoms with Crippen LogP contribution in [0.4, 0.5) is 17.6 Å². The van der Waals surface area contributed by atoms with Crippen LogP contribution in [-0.2, 0) is 12.8 Å². The molecule has 0 saturated carbocycles. The first-order valence-corrected chi connectivity index (χ1v) is 10.1. The zero-order valence-electron chi connectivity index (χ0n) is 17.5. The number of halogens is 4. The van der Waals surface area contributed by atoms with Crippen LogP contribution in [0.1, 0.15) is 21.6 Å². The minimum Gasteiger partial charge on any atom is -0.489 e. The third-order valence-electron chi connectivity index (χ3n) is 5.11. The Balaban J connectivity index is 1.59. The van der Waals surface area contributed by atoms with Gasteiger partial charge in [0.05, 0.1) is 5.56 Å². The molecule has 3 aromatic carbocycles. The van der Waals surface area contributed by atoms with Gasteiger partial charge in [-0.2, -0.15) is 13.2 Å². The molecule has 1 heterocycles. The van der Waals surface area contributed by atoms with Crippen LogP contribution in [0.5, 0.6) is 5.75 Å². The van der Waals surface area contributed by atoms with Gasteiger partial charge in [-0.15, -0.1) is 0 Å². The van der Waals surface area contributed by atoms with Gasteiger partial charge in [0.2, 0.25) is 0 Å². The molecule has 0 aliphatic carbocycles. The summed E-state index contributed by atoms with van der Waals surface area (Å²) >= 11 is 0. The molecule has 0 spiro atoms. The molecular formula is C26H17F4NO3. The summed E-state index contributed by atoms with van der Waals surface area (Å²) in [4.78, 5) is 14.9. The maximum atomic E-state index is 14.1. The second kappa shape index (κ2) is 9.35. The first-order valence-electron chi connectivity index (χ1n) is 10.1. The Morgan fingerprint density at radius 2 is 1.65 bits per heavy atom. The number of alkyl halides is 3. The lowest BCUT2D eigenvalue weighted by atomic mass is 9.98. The van der Waals surface area contributed by atoms with E-state index in [0.29, 0.717) is 16.7 Å². The summed E-state index contributed by atoms with van der Waals surface area (Å²) in [6, 6.07) is 18.8. The van der Waals surface area contributed by atoms with Crippen LogP contribution < -0.4 is 4.74 Å². The summed E-state index contributed by atoms with van der Waals surface area (Å²) in [5, 5.41) is 9.12. The third kappa shape index (κ3) is 5.06. The second-order valence-electron chi connectivity index (χ2n) is 7.41. The van der Waals surface area contributed by atoms with E-state index in [-0.39, 0.29) is 29.2 Å². The summed E-state index contributed by atoms with van der Waals surface area (Å²) in [5.41, 5.74) is 0.479. The van der Waals surface area contributed by atoms with E-state index >= 15 is 0 Å². The molecule has 0 atom stereocenters. The van der Waals surface area contributed by atoms with Gasteiger partial charge in [0, 0.05) is 11.8 Å². The lowest BCUT2D eigenvalue weighted by Crippen LogP contribution is -2.08. The Morgan fingerprint density at radius 1 is 0.882 bits per heavy atom. The molecule has 4 aromatic rings. The predicted octanol–water partition coefficient (Wildman–Crippen LogP) is 6.85. The number of aromatic carboxylic acids is 1. The zero-order chi connectivity index (χ0) is 24.3. The molecule has 1 aromatic heterocycles. The molecule has 34 heavy (non-hydrogen) atoms. The molecule has 0 amide bonds. The SMILES string of the molecule is O=C(O)c1cc(-c2cccc(COc3ccc(-c4ccccc4F)c(C(F)(F)F)c3)c2)ccn1. The van der Waals surface area contributed by atoms with E-state index in [2.05, 4.69) is 4.98 Å². The van der Waals surface area contributed by atoms with Gasteiger partial charge in [0.15, 0.2) is 0 Å². The van der Waals surface area contributed by atoms with Gasteiger partial charge in [0.25, 0.3) is 0 Å². The average Bonchev–Trinajstić information content (AvgIpc) is 2.83. The molecule has 8 heteroatoms. The van der Waals surface area contributed by atoms with Gasteiger partial charge in [-0.3, -0.25) is 0 Å². The van der Waals surface area contributed by atoms with E-state index in [1.54, 1.807) is 30.3 Å². The lowest BCUT2D eigenvalue weighted by molar-refractivity contribution is -0.137. The smallest absolute Gasteiger partial charge is 0.417 e. The molecular weight excluding hydrogens is 450 g/mol. The van der Waals surface area contributed by atoms with E-state index in [1.807, 2.05) is 0 Å². The van der Waals surface area contributed by atoms with Gasteiger partial charge in [0.1, 0.15) is 23.9 Å². The Morgan fingerprint density at radius 3 is 2.38 bits per heavy atom. The first-order chi connectivity index (χ1) is 16.2. The Hall–Kier alpha value is -4.20. The second-order valence-corrected chi connectivity index (χ2v) is 7.41. The number of carboxylic acid groups (broad SMARTS) is 1. The molecule has 0 bridgehead atoms. The average molecular weight is 467 g/mol. The van der Waals surface area contributed by atoms with Gasteiger partial charge in [-0.25, -0.2) is 14.2 Å². The van der Waals surface area contributed by atoms with E-state index in [0.717, 1.165) is 12.1 Å². The maximum absolute atomic E-state index is 14.1. The Bertz CT molecular complexity index is 1350. The molecule has 4 rings (SSSR count). The summed E-state index contributed by atoms with van der Waals surface area (Å²) in [6.07, 6.45) is -3.32. The molecule has 4 nitrogen and oxygen atoms in total. The van der Waals surface area contributed by atoms with Crippen LogP contribution in [0.15, 0.2) is 85.1 Å². The highest BCUT2D eigenvalue weighted by Gasteiger charge is 2.34. The molecule has 0 unspecified atom stereocenters. The number of pyridine rings is 1. The van der Waals surface area contributed by atoms with Crippen molar-refractivity contribution in [3.8, 4) is 28.0 Å². The number of hydrogen-bond acceptors (Lipinski definition) is 3. The summed E-state index contributed by atoms with van der Waals surface area (Å²) in [6.45, 7) is -0.0267. The van der Waals surface area contributed by atoms with E-state index in [1.165, 1.54) is 42.6 Å². The van der Waals surface area contributed by atoms with Crippen LogP contribution in [-0.4, -0.2) is 16.1 Å². The molecule has 0 saturated heterocycles. The monoisotopic (exact) mass is 467 g/mol. The number of carboxylic acids is 1. The van der Waals surface area contributed by atoms with E-state index < -0.39 is 23.5 Å². The fraction of sp³-hybridized carbons (Fsp3) is 0.0769. The van der Waals surface area contributed by atoms with Gasteiger partial charge < -0.3 is 9.84 Å². The predicted molar refractivity (Wildman–Crippen MR) is 118 cm³/mol. The molecule has 1 N–H and O–H groups in total. The molecule has 172 valence electrons. The fourth-order valence-electron chi connectivity index (χ4n) is 3.50. The van der Waals surface area contributed by atoms with E-state index in [4.69, 9.17) is 9.84 Å². The van der Waals surface area contributed by atoms with Crippen molar-refractivity contribution in [2.24, 2.45) is 0 Å². The normalized spacial score (nSPS) is 11.3. The Labute approximate surface area is 192 Å². The first kappa shape index (κ1) is 23.0. The van der Waals surface area contributed by atoms with Crippen LogP contribution in [0.2, 0.25) is 0 Å². The number of benzene rings is 3. The maximum Gasteiger partial charge on any atom is 0.417 e. The summed E-state index contributed by atoms with van der Waals surface area (Å²) in [5.74, 6) is -1.92. The van der Waals surface area contributed by atoms with Crippen molar-refractivity contribution >= 4 is 5.97 Å². The largest absolute Gasteiger partial charge is 0.489 e. The van der Waals surface area contributed by atoms with Gasteiger partial charge in [-0.05, 0) is 64.7 Å². The van der Waals surface area contributed by atoms with E-state index in [9.17, 15) is 22.4 Å². The number of ether oxygens (including phenoxy) is 1. The highest BCUT2D eigenvalue weighted by atomic mass is 19.4. The fourth-order valence-corrected chi connectivity index (χ4v) is 3.50. The van der Waals surface area contributed by atoms with Crippen LogP contribution >= 0.6 is 0 Å². The minimum absolute atomic E-state index is 0.0186. The highest BCUT2D eigenvalue weighted by molar-refractivity contribution is 5.87. The zero-order valence-corrected chi connectivity index (χ0v) is 17.5. The van der Waals surface area contributed by atoms with Crippen LogP contribution in [0, 0.1) is 5.82 Å². The molecule has 0 aliphatic heterocycles. The quantitative estimate of drug-likeness (QED) is 0.315. The number of carbonyl (C=O) groups is 1. The van der Waals surface area contributed by atoms with Crippen molar-refractivity contribution in [3.63, 3.8) is 0 Å². The number of aromatic nitrogens is 1. The van der Waals surface area contributed by atoms with Crippen molar-refractivity contribution in [1.82, 2.24) is 4.98 Å². The van der Waals surface area contributed by atoms with Crippen molar-refractivity contribution in [3.05, 3.63) is 108 Å². The van der Waals surface area contributed by atoms with Crippen LogP contribution in [0.3, 0.4) is 0 Å². The van der Waals surface area contributed by atoms with Crippen molar-refractivity contribution in [2.75, 3.05) is 0 Å². The van der Waals surface area contributed by atoms with Gasteiger partial charge >= 0.3 is 12.1 Å².